The number of rotatable bonds is 4. The molecule has 2 aromatic rings. The van der Waals surface area contributed by atoms with E-state index >= 15 is 0 Å². The highest BCUT2D eigenvalue weighted by atomic mass is 32.1. The minimum atomic E-state index is -0.0825. The van der Waals surface area contributed by atoms with Crippen LogP contribution in [-0.2, 0) is 24.8 Å². The van der Waals surface area contributed by atoms with Crippen LogP contribution >= 0.6 is 11.3 Å². The summed E-state index contributed by atoms with van der Waals surface area (Å²) >= 11 is 1.34. The molecule has 0 saturated heterocycles. The normalized spacial score (nSPS) is 10.4. The molecule has 7 heteroatoms. The predicted molar refractivity (Wildman–Crippen MR) is 65.3 cm³/mol. The molecule has 0 atom stereocenters. The van der Waals surface area contributed by atoms with Crippen LogP contribution < -0.4 is 11.1 Å². The van der Waals surface area contributed by atoms with Gasteiger partial charge >= 0.3 is 0 Å². The van der Waals surface area contributed by atoms with Crippen LogP contribution in [0.15, 0.2) is 17.6 Å². The third kappa shape index (κ3) is 3.28. The van der Waals surface area contributed by atoms with E-state index in [2.05, 4.69) is 15.4 Å². The SMILES string of the molecule is Cn1ccc(CNC(=O)Cc2csc(N)n2)n1. The Labute approximate surface area is 102 Å². The maximum absolute atomic E-state index is 11.6. The first-order chi connectivity index (χ1) is 8.13. The fourth-order valence-corrected chi connectivity index (χ4v) is 1.94. The van der Waals surface area contributed by atoms with Crippen LogP contribution in [0.4, 0.5) is 5.13 Å². The fraction of sp³-hybridized carbons (Fsp3) is 0.300. The number of carbonyl (C=O) groups excluding carboxylic acids is 1. The third-order valence-electron chi connectivity index (χ3n) is 2.15. The average molecular weight is 251 g/mol. The van der Waals surface area contributed by atoms with E-state index in [-0.39, 0.29) is 12.3 Å². The summed E-state index contributed by atoms with van der Waals surface area (Å²) in [4.78, 5) is 15.6. The number of hydrogen-bond donors (Lipinski definition) is 2. The van der Waals surface area contributed by atoms with Crippen LogP contribution in [0.5, 0.6) is 0 Å². The highest BCUT2D eigenvalue weighted by Gasteiger charge is 2.07. The quantitative estimate of drug-likeness (QED) is 0.819. The van der Waals surface area contributed by atoms with Crippen molar-refractivity contribution < 1.29 is 4.79 Å². The van der Waals surface area contributed by atoms with Crippen molar-refractivity contribution in [2.45, 2.75) is 13.0 Å². The number of carbonyl (C=O) groups is 1. The number of amides is 1. The maximum Gasteiger partial charge on any atom is 0.226 e. The van der Waals surface area contributed by atoms with Gasteiger partial charge in [0.15, 0.2) is 5.13 Å². The van der Waals surface area contributed by atoms with Gasteiger partial charge in [-0.25, -0.2) is 4.98 Å². The number of anilines is 1. The first kappa shape index (κ1) is 11.6. The highest BCUT2D eigenvalue weighted by molar-refractivity contribution is 7.13. The number of nitrogen functional groups attached to an aromatic ring is 1. The maximum atomic E-state index is 11.6. The molecule has 0 radical (unpaired) electrons. The topological polar surface area (TPSA) is 85.8 Å². The van der Waals surface area contributed by atoms with E-state index in [4.69, 9.17) is 5.73 Å². The van der Waals surface area contributed by atoms with Gasteiger partial charge in [0, 0.05) is 18.6 Å². The van der Waals surface area contributed by atoms with E-state index in [0.717, 1.165) is 5.69 Å². The Hall–Kier alpha value is -1.89. The van der Waals surface area contributed by atoms with Crippen LogP contribution in [0.25, 0.3) is 0 Å². The number of aryl methyl sites for hydroxylation is 1. The molecule has 1 amide bonds. The van der Waals surface area contributed by atoms with Gasteiger partial charge in [0.05, 0.1) is 24.4 Å². The second-order valence-corrected chi connectivity index (χ2v) is 4.50. The summed E-state index contributed by atoms with van der Waals surface area (Å²) in [7, 11) is 1.84. The molecule has 0 aliphatic rings. The number of hydrogen-bond acceptors (Lipinski definition) is 5. The Balaban J connectivity index is 1.82. The molecule has 0 bridgehead atoms. The van der Waals surface area contributed by atoms with Crippen LogP contribution in [0.1, 0.15) is 11.4 Å². The van der Waals surface area contributed by atoms with Gasteiger partial charge in [-0.2, -0.15) is 5.10 Å². The Morgan fingerprint density at radius 2 is 2.41 bits per heavy atom. The molecule has 0 aliphatic heterocycles. The Bertz CT molecular complexity index is 518. The molecule has 3 N–H and O–H groups in total. The summed E-state index contributed by atoms with van der Waals surface area (Å²) in [6.45, 7) is 0.430. The summed E-state index contributed by atoms with van der Waals surface area (Å²) in [5, 5.41) is 9.21. The number of nitrogens with two attached hydrogens (primary N) is 1. The zero-order valence-electron chi connectivity index (χ0n) is 9.38. The van der Waals surface area contributed by atoms with E-state index in [1.807, 2.05) is 19.3 Å². The second-order valence-electron chi connectivity index (χ2n) is 3.61. The molecule has 2 aromatic heterocycles. The molecule has 0 aromatic carbocycles. The van der Waals surface area contributed by atoms with Gasteiger partial charge < -0.3 is 11.1 Å². The summed E-state index contributed by atoms with van der Waals surface area (Å²) in [6, 6.07) is 1.86. The molecule has 17 heavy (non-hydrogen) atoms. The number of thiazole rings is 1. The van der Waals surface area contributed by atoms with Crippen LogP contribution in [0, 0.1) is 0 Å². The summed E-state index contributed by atoms with van der Waals surface area (Å²) in [6.07, 6.45) is 2.09. The van der Waals surface area contributed by atoms with Crippen molar-refractivity contribution in [2.24, 2.45) is 7.05 Å². The van der Waals surface area contributed by atoms with Crippen molar-refractivity contribution in [1.82, 2.24) is 20.1 Å². The standard InChI is InChI=1S/C10H13N5OS/c1-15-3-2-7(14-15)5-12-9(16)4-8-6-17-10(11)13-8/h2-3,6H,4-5H2,1H3,(H2,11,13)(H,12,16). The Kier molecular flexibility index (Phi) is 3.38. The minimum absolute atomic E-state index is 0.0825. The predicted octanol–water partition coefficient (Wildman–Crippen LogP) is 0.318. The molecule has 2 heterocycles. The molecule has 6 nitrogen and oxygen atoms in total. The van der Waals surface area contributed by atoms with Gasteiger partial charge in [-0.15, -0.1) is 11.3 Å². The summed E-state index contributed by atoms with van der Waals surface area (Å²) < 4.78 is 1.70. The number of aromatic nitrogens is 3. The van der Waals surface area contributed by atoms with E-state index in [1.54, 1.807) is 10.1 Å². The Morgan fingerprint density at radius 1 is 1.59 bits per heavy atom. The van der Waals surface area contributed by atoms with E-state index < -0.39 is 0 Å². The molecule has 90 valence electrons. The molecule has 2 rings (SSSR count). The van der Waals surface area contributed by atoms with Gasteiger partial charge in [0.1, 0.15) is 0 Å². The zero-order chi connectivity index (χ0) is 12.3. The van der Waals surface area contributed by atoms with Crippen molar-refractivity contribution in [3.05, 3.63) is 29.0 Å². The van der Waals surface area contributed by atoms with Crippen molar-refractivity contribution in [1.29, 1.82) is 0 Å². The average Bonchev–Trinajstić information content (AvgIpc) is 2.85. The molecule has 0 fully saturated rings. The lowest BCUT2D eigenvalue weighted by molar-refractivity contribution is -0.120. The van der Waals surface area contributed by atoms with Crippen molar-refractivity contribution in [3.63, 3.8) is 0 Å². The van der Waals surface area contributed by atoms with Crippen molar-refractivity contribution in [3.8, 4) is 0 Å². The highest BCUT2D eigenvalue weighted by Crippen LogP contribution is 2.11. The summed E-state index contributed by atoms with van der Waals surface area (Å²) in [5.74, 6) is -0.0825. The van der Waals surface area contributed by atoms with Gasteiger partial charge in [-0.05, 0) is 6.07 Å². The van der Waals surface area contributed by atoms with Crippen LogP contribution in [-0.4, -0.2) is 20.7 Å². The lowest BCUT2D eigenvalue weighted by Gasteiger charge is -2.01. The van der Waals surface area contributed by atoms with Gasteiger partial charge in [-0.1, -0.05) is 0 Å². The molecular formula is C10H13N5OS. The van der Waals surface area contributed by atoms with E-state index in [1.165, 1.54) is 11.3 Å². The van der Waals surface area contributed by atoms with Crippen molar-refractivity contribution in [2.75, 3.05) is 5.73 Å². The summed E-state index contributed by atoms with van der Waals surface area (Å²) in [5.41, 5.74) is 7.02. The second kappa shape index (κ2) is 4.96. The van der Waals surface area contributed by atoms with Crippen molar-refractivity contribution >= 4 is 22.4 Å². The molecule has 0 unspecified atom stereocenters. The lowest BCUT2D eigenvalue weighted by Crippen LogP contribution is -2.24. The fourth-order valence-electron chi connectivity index (χ4n) is 1.38. The van der Waals surface area contributed by atoms with Gasteiger partial charge in [0.25, 0.3) is 0 Å². The van der Waals surface area contributed by atoms with Crippen LogP contribution in [0.2, 0.25) is 0 Å². The third-order valence-corrected chi connectivity index (χ3v) is 2.87. The molecular weight excluding hydrogens is 238 g/mol. The van der Waals surface area contributed by atoms with Gasteiger partial charge in [-0.3, -0.25) is 9.48 Å². The van der Waals surface area contributed by atoms with E-state index in [0.29, 0.717) is 17.4 Å². The minimum Gasteiger partial charge on any atom is -0.375 e. The smallest absolute Gasteiger partial charge is 0.226 e. The first-order valence-electron chi connectivity index (χ1n) is 5.08. The first-order valence-corrected chi connectivity index (χ1v) is 5.96. The monoisotopic (exact) mass is 251 g/mol. The number of nitrogens with zero attached hydrogens (tertiary/aromatic N) is 3. The largest absolute Gasteiger partial charge is 0.375 e. The lowest BCUT2D eigenvalue weighted by atomic mass is 10.3. The molecule has 0 aliphatic carbocycles. The van der Waals surface area contributed by atoms with Crippen LogP contribution in [0.3, 0.4) is 0 Å². The number of nitrogens with one attached hydrogen (secondary N) is 1. The van der Waals surface area contributed by atoms with E-state index in [9.17, 15) is 4.79 Å². The molecule has 0 saturated carbocycles. The molecule has 0 spiro atoms. The van der Waals surface area contributed by atoms with Gasteiger partial charge in [0.2, 0.25) is 5.91 Å². The zero-order valence-corrected chi connectivity index (χ0v) is 10.2. The Morgan fingerprint density at radius 3 is 3.00 bits per heavy atom.